The van der Waals surface area contributed by atoms with Gasteiger partial charge in [-0.15, -0.1) is 11.3 Å². The van der Waals surface area contributed by atoms with Crippen molar-refractivity contribution in [1.29, 1.82) is 0 Å². The van der Waals surface area contributed by atoms with E-state index in [0.29, 0.717) is 0 Å². The molecule has 4 nitrogen and oxygen atoms in total. The summed E-state index contributed by atoms with van der Waals surface area (Å²) in [6.45, 7) is 0. The number of hydrogen-bond donors (Lipinski definition) is 1. The Morgan fingerprint density at radius 2 is 1.24 bits per heavy atom. The first-order chi connectivity index (χ1) is 24.3. The number of hydrogen-bond acceptors (Lipinski definition) is 3. The highest BCUT2D eigenvalue weighted by Gasteiger charge is 2.27. The van der Waals surface area contributed by atoms with Crippen molar-refractivity contribution >= 4 is 86.5 Å². The molecule has 0 bridgehead atoms. The molecule has 0 saturated carbocycles. The number of rotatable bonds is 3. The first-order valence-electron chi connectivity index (χ1n) is 16.7. The molecule has 1 atom stereocenters. The van der Waals surface area contributed by atoms with Crippen molar-refractivity contribution in [2.24, 2.45) is 4.99 Å². The summed E-state index contributed by atoms with van der Waals surface area (Å²) in [6.07, 6.45) is -0.362. The zero-order valence-corrected chi connectivity index (χ0v) is 27.2. The molecule has 0 spiro atoms. The predicted molar refractivity (Wildman–Crippen MR) is 208 cm³/mol. The number of para-hydroxylation sites is 3. The topological polar surface area (TPSA) is 34.2 Å². The third kappa shape index (κ3) is 3.82. The summed E-state index contributed by atoms with van der Waals surface area (Å²) in [5.41, 5.74) is 10.2. The van der Waals surface area contributed by atoms with E-state index in [0.717, 1.165) is 33.7 Å². The summed E-state index contributed by atoms with van der Waals surface area (Å²) in [7, 11) is 0. The lowest BCUT2D eigenvalue weighted by molar-refractivity contribution is 0.625. The van der Waals surface area contributed by atoms with Gasteiger partial charge in [-0.2, -0.15) is 0 Å². The maximum Gasteiger partial charge on any atom is 0.201 e. The second kappa shape index (κ2) is 10.2. The first kappa shape index (κ1) is 26.9. The van der Waals surface area contributed by atoms with E-state index in [2.05, 4.69) is 172 Å². The Bertz CT molecular complexity index is 2960. The van der Waals surface area contributed by atoms with Crippen LogP contribution in [0.15, 0.2) is 163 Å². The molecule has 1 aliphatic heterocycles. The van der Waals surface area contributed by atoms with Crippen LogP contribution in [0.4, 0.5) is 5.69 Å². The molecule has 3 aromatic heterocycles. The van der Waals surface area contributed by atoms with Gasteiger partial charge in [-0.1, -0.05) is 103 Å². The van der Waals surface area contributed by atoms with Gasteiger partial charge in [0.1, 0.15) is 0 Å². The molecule has 1 unspecified atom stereocenters. The number of anilines is 1. The van der Waals surface area contributed by atoms with E-state index in [1.54, 1.807) is 0 Å². The third-order valence-electron chi connectivity index (χ3n) is 10.1. The Morgan fingerprint density at radius 3 is 2.12 bits per heavy atom. The average molecular weight is 645 g/mol. The average Bonchev–Trinajstić information content (AvgIpc) is 3.81. The number of benzene rings is 7. The summed E-state index contributed by atoms with van der Waals surface area (Å²) < 4.78 is 7.45. The van der Waals surface area contributed by atoms with Gasteiger partial charge in [-0.05, 0) is 54.6 Å². The van der Waals surface area contributed by atoms with E-state index in [9.17, 15) is 0 Å². The van der Waals surface area contributed by atoms with Crippen LogP contribution in [0.1, 0.15) is 17.4 Å². The fourth-order valence-electron chi connectivity index (χ4n) is 8.06. The third-order valence-corrected chi connectivity index (χ3v) is 11.3. The summed E-state index contributed by atoms with van der Waals surface area (Å²) in [5, 5.41) is 11.5. The molecule has 5 heteroatoms. The molecule has 230 valence electrons. The minimum atomic E-state index is -0.362. The predicted octanol–water partition coefficient (Wildman–Crippen LogP) is 11.7. The van der Waals surface area contributed by atoms with Crippen LogP contribution in [0.5, 0.6) is 0 Å². The van der Waals surface area contributed by atoms with Gasteiger partial charge in [-0.3, -0.25) is 0 Å². The quantitative estimate of drug-likeness (QED) is 0.204. The fourth-order valence-corrected chi connectivity index (χ4v) is 9.17. The lowest BCUT2D eigenvalue weighted by Crippen LogP contribution is -2.24. The van der Waals surface area contributed by atoms with Crippen molar-refractivity contribution in [2.75, 3.05) is 5.32 Å². The van der Waals surface area contributed by atoms with E-state index in [4.69, 9.17) is 4.99 Å². The molecule has 0 radical (unpaired) electrons. The van der Waals surface area contributed by atoms with Crippen molar-refractivity contribution in [3.8, 4) is 5.69 Å². The zero-order valence-electron chi connectivity index (χ0n) is 26.3. The maximum atomic E-state index is 5.53. The smallest absolute Gasteiger partial charge is 0.201 e. The lowest BCUT2D eigenvalue weighted by atomic mass is 9.99. The second-order valence-corrected chi connectivity index (χ2v) is 13.9. The summed E-state index contributed by atoms with van der Waals surface area (Å²) in [6, 6.07) is 56.9. The Morgan fingerprint density at radius 1 is 0.510 bits per heavy atom. The Balaban J connectivity index is 1.31. The number of aliphatic imine (C=N–C) groups is 1. The van der Waals surface area contributed by atoms with Crippen LogP contribution in [0.3, 0.4) is 0 Å². The van der Waals surface area contributed by atoms with Gasteiger partial charge >= 0.3 is 0 Å². The molecule has 1 aliphatic rings. The molecule has 10 aromatic rings. The van der Waals surface area contributed by atoms with Crippen molar-refractivity contribution in [2.45, 2.75) is 6.29 Å². The largest absolute Gasteiger partial charge is 0.346 e. The fraction of sp³-hybridized carbons (Fsp3) is 0.0227. The zero-order chi connectivity index (χ0) is 32.1. The van der Waals surface area contributed by atoms with E-state index in [-0.39, 0.29) is 6.29 Å². The SMILES string of the molecule is c1ccc(C2=NC(n3c4cc5c(cc4c4c6c(ccc43)sc3ccccc36)c3ccccc3n5-c3ccccc3)Nc3ccccc32)cc1. The van der Waals surface area contributed by atoms with Crippen molar-refractivity contribution in [1.82, 2.24) is 9.13 Å². The molecular formula is C44H28N4S. The lowest BCUT2D eigenvalue weighted by Gasteiger charge is -2.28. The molecule has 1 N–H and O–H groups in total. The highest BCUT2D eigenvalue weighted by molar-refractivity contribution is 7.26. The molecule has 49 heavy (non-hydrogen) atoms. The molecule has 7 aromatic carbocycles. The molecular weight excluding hydrogens is 617 g/mol. The summed E-state index contributed by atoms with van der Waals surface area (Å²) in [4.78, 5) is 5.53. The highest BCUT2D eigenvalue weighted by Crippen LogP contribution is 2.46. The van der Waals surface area contributed by atoms with Crippen LogP contribution in [-0.4, -0.2) is 14.8 Å². The number of nitrogens with one attached hydrogen (secondary N) is 1. The normalized spacial score (nSPS) is 14.6. The van der Waals surface area contributed by atoms with E-state index in [1.165, 1.54) is 58.3 Å². The van der Waals surface area contributed by atoms with Crippen LogP contribution in [0.25, 0.3) is 69.5 Å². The Kier molecular flexibility index (Phi) is 5.57. The minimum Gasteiger partial charge on any atom is -0.346 e. The van der Waals surface area contributed by atoms with Crippen molar-refractivity contribution in [3.63, 3.8) is 0 Å². The van der Waals surface area contributed by atoms with Crippen molar-refractivity contribution < 1.29 is 0 Å². The highest BCUT2D eigenvalue weighted by atomic mass is 32.1. The van der Waals surface area contributed by atoms with Gasteiger partial charge in [0, 0.05) is 64.2 Å². The van der Waals surface area contributed by atoms with Crippen LogP contribution >= 0.6 is 11.3 Å². The minimum absolute atomic E-state index is 0.362. The Labute approximate surface area is 285 Å². The molecule has 4 heterocycles. The molecule has 0 aliphatic carbocycles. The molecule has 0 fully saturated rings. The summed E-state index contributed by atoms with van der Waals surface area (Å²) >= 11 is 1.87. The van der Waals surface area contributed by atoms with Crippen molar-refractivity contribution in [3.05, 3.63) is 169 Å². The number of thiophene rings is 1. The molecule has 0 amide bonds. The van der Waals surface area contributed by atoms with E-state index in [1.807, 2.05) is 11.3 Å². The second-order valence-electron chi connectivity index (χ2n) is 12.8. The van der Waals surface area contributed by atoms with Gasteiger partial charge in [-0.25, -0.2) is 4.99 Å². The monoisotopic (exact) mass is 644 g/mol. The standard InChI is InChI=1S/C44H28N4S/c1-3-13-27(14-4-1)43-30-18-7-10-20-34(30)45-44(46-43)48-36-23-24-40-42(31-19-9-12-22-39(31)49-40)41(36)33-25-32-29-17-8-11-21-35(29)47(37(32)26-38(33)48)28-15-5-2-6-16-28/h1-26,44-45H. The Hall–Kier alpha value is -6.17. The maximum absolute atomic E-state index is 5.53. The first-order valence-corrected chi connectivity index (χ1v) is 17.5. The molecule has 11 rings (SSSR count). The number of aromatic nitrogens is 2. The van der Waals surface area contributed by atoms with Crippen LogP contribution in [0.2, 0.25) is 0 Å². The number of fused-ring (bicyclic) bond motifs is 11. The van der Waals surface area contributed by atoms with Crippen LogP contribution in [0, 0.1) is 0 Å². The molecule has 0 saturated heterocycles. The number of nitrogens with zero attached hydrogens (tertiary/aromatic N) is 3. The van der Waals surface area contributed by atoms with Gasteiger partial charge in [0.15, 0.2) is 0 Å². The van der Waals surface area contributed by atoms with Crippen LogP contribution in [-0.2, 0) is 0 Å². The summed E-state index contributed by atoms with van der Waals surface area (Å²) in [5.74, 6) is 0. The van der Waals surface area contributed by atoms with E-state index >= 15 is 0 Å². The van der Waals surface area contributed by atoms with Gasteiger partial charge in [0.2, 0.25) is 6.29 Å². The van der Waals surface area contributed by atoms with Crippen LogP contribution < -0.4 is 5.32 Å². The van der Waals surface area contributed by atoms with Gasteiger partial charge in [0.05, 0.1) is 27.8 Å². The van der Waals surface area contributed by atoms with Gasteiger partial charge in [0.25, 0.3) is 0 Å². The van der Waals surface area contributed by atoms with E-state index < -0.39 is 0 Å². The van der Waals surface area contributed by atoms with Gasteiger partial charge < -0.3 is 14.5 Å².